The van der Waals surface area contributed by atoms with Crippen LogP contribution in [0.2, 0.25) is 0 Å². The number of aromatic nitrogens is 3. The number of hydrogen-bond donors (Lipinski definition) is 0. The Morgan fingerprint density at radius 3 is 2.50 bits per heavy atom. The number of hydrogen-bond acceptors (Lipinski definition) is 9. The van der Waals surface area contributed by atoms with Gasteiger partial charge in [-0.3, -0.25) is 0 Å². The van der Waals surface area contributed by atoms with Gasteiger partial charge >= 0.3 is 0 Å². The van der Waals surface area contributed by atoms with Gasteiger partial charge in [-0.2, -0.15) is 10.2 Å². The van der Waals surface area contributed by atoms with E-state index in [9.17, 15) is 5.26 Å². The Kier molecular flexibility index (Phi) is 5.34. The highest BCUT2D eigenvalue weighted by molar-refractivity contribution is 5.57. The average Bonchev–Trinajstić information content (AvgIpc) is 2.84. The summed E-state index contributed by atoms with van der Waals surface area (Å²) >= 11 is 0. The van der Waals surface area contributed by atoms with E-state index in [4.69, 9.17) is 19.4 Å². The summed E-state index contributed by atoms with van der Waals surface area (Å²) in [6.45, 7) is 7.56. The summed E-state index contributed by atoms with van der Waals surface area (Å²) in [7, 11) is 0. The quantitative estimate of drug-likeness (QED) is 0.738. The Morgan fingerprint density at radius 1 is 0.900 bits per heavy atom. The van der Waals surface area contributed by atoms with Gasteiger partial charge in [-0.1, -0.05) is 0 Å². The number of piperazine rings is 1. The number of pyridine rings is 1. The van der Waals surface area contributed by atoms with Crippen LogP contribution in [0.1, 0.15) is 16.8 Å². The maximum absolute atomic E-state index is 9.63. The van der Waals surface area contributed by atoms with Gasteiger partial charge in [0.15, 0.2) is 0 Å². The highest BCUT2D eigenvalue weighted by Gasteiger charge is 2.25. The Hall–Kier alpha value is -2.96. The fraction of sp³-hybridized carbons (Fsp3) is 0.524. The number of morpholine rings is 1. The largest absolute Gasteiger partial charge is 0.378 e. The van der Waals surface area contributed by atoms with Gasteiger partial charge in [0.2, 0.25) is 5.95 Å². The van der Waals surface area contributed by atoms with Crippen molar-refractivity contribution in [3.8, 4) is 6.07 Å². The number of nitriles is 1. The van der Waals surface area contributed by atoms with Crippen LogP contribution in [0.3, 0.4) is 0 Å². The first-order valence-corrected chi connectivity index (χ1v) is 10.5. The highest BCUT2D eigenvalue weighted by atomic mass is 16.5. The van der Waals surface area contributed by atoms with Gasteiger partial charge in [-0.25, -0.2) is 9.97 Å². The Bertz CT molecular complexity index is 947. The van der Waals surface area contributed by atoms with Crippen molar-refractivity contribution in [2.24, 2.45) is 0 Å². The molecule has 0 aromatic carbocycles. The molecule has 3 aliphatic heterocycles. The molecule has 0 amide bonds. The van der Waals surface area contributed by atoms with Crippen molar-refractivity contribution in [1.29, 1.82) is 5.26 Å². The zero-order valence-corrected chi connectivity index (χ0v) is 17.0. The van der Waals surface area contributed by atoms with Crippen LogP contribution in [0.5, 0.6) is 0 Å². The molecule has 0 saturated carbocycles. The molecule has 0 aliphatic carbocycles. The van der Waals surface area contributed by atoms with E-state index in [1.807, 2.05) is 18.3 Å². The number of anilines is 3. The van der Waals surface area contributed by atoms with E-state index in [-0.39, 0.29) is 0 Å². The Balaban J connectivity index is 1.30. The van der Waals surface area contributed by atoms with E-state index in [1.54, 1.807) is 0 Å². The molecule has 0 N–H and O–H groups in total. The molecule has 5 rings (SSSR count). The number of fused-ring (bicyclic) bond motifs is 1. The lowest BCUT2D eigenvalue weighted by atomic mass is 10.1. The molecule has 9 heteroatoms. The third kappa shape index (κ3) is 3.76. The smallest absolute Gasteiger partial charge is 0.227 e. The van der Waals surface area contributed by atoms with Crippen LogP contribution in [0.4, 0.5) is 17.6 Å². The van der Waals surface area contributed by atoms with E-state index >= 15 is 0 Å². The minimum absolute atomic E-state index is 0.544. The number of ether oxygens (including phenoxy) is 2. The van der Waals surface area contributed by atoms with Crippen LogP contribution in [-0.4, -0.2) is 74.0 Å². The summed E-state index contributed by atoms with van der Waals surface area (Å²) in [6.07, 6.45) is 2.64. The lowest BCUT2D eigenvalue weighted by Crippen LogP contribution is -2.48. The van der Waals surface area contributed by atoms with Crippen LogP contribution in [0.25, 0.3) is 0 Å². The normalized spacial score (nSPS) is 19.4. The topological polar surface area (TPSA) is 90.6 Å². The van der Waals surface area contributed by atoms with Gasteiger partial charge in [0.05, 0.1) is 37.7 Å². The molecule has 156 valence electrons. The molecule has 2 saturated heterocycles. The monoisotopic (exact) mass is 407 g/mol. The van der Waals surface area contributed by atoms with Gasteiger partial charge in [0.1, 0.15) is 17.7 Å². The standard InChI is InChI=1S/C21H25N7O2/c22-14-16-13-17-15-30-10-2-18(17)24-20(16)27-4-6-28(7-5-27)21-23-3-1-19(25-21)26-8-11-29-12-9-26/h1,3,13H,2,4-12,15H2. The molecule has 0 unspecified atom stereocenters. The molecule has 5 heterocycles. The van der Waals surface area contributed by atoms with Crippen molar-refractivity contribution >= 4 is 17.6 Å². The van der Waals surface area contributed by atoms with E-state index in [2.05, 4.69) is 25.8 Å². The summed E-state index contributed by atoms with van der Waals surface area (Å²) < 4.78 is 10.9. The van der Waals surface area contributed by atoms with Crippen molar-refractivity contribution in [3.63, 3.8) is 0 Å². The average molecular weight is 407 g/mol. The van der Waals surface area contributed by atoms with Crippen LogP contribution < -0.4 is 14.7 Å². The first-order valence-electron chi connectivity index (χ1n) is 10.5. The van der Waals surface area contributed by atoms with Gasteiger partial charge in [-0.05, 0) is 12.1 Å². The summed E-state index contributed by atoms with van der Waals surface area (Å²) in [6, 6.07) is 6.22. The molecule has 30 heavy (non-hydrogen) atoms. The SMILES string of the molecule is N#Cc1cc2c(nc1N1CCN(c3nccc(N4CCOCC4)n3)CC1)CCOC2. The predicted octanol–water partition coefficient (Wildman–Crippen LogP) is 0.979. The summed E-state index contributed by atoms with van der Waals surface area (Å²) in [5.74, 6) is 2.51. The zero-order valence-electron chi connectivity index (χ0n) is 17.0. The first-order chi connectivity index (χ1) is 14.8. The second kappa shape index (κ2) is 8.42. The van der Waals surface area contributed by atoms with E-state index in [0.717, 1.165) is 87.7 Å². The molecule has 2 aromatic rings. The molecule has 9 nitrogen and oxygen atoms in total. The summed E-state index contributed by atoms with van der Waals surface area (Å²) in [5, 5.41) is 9.63. The van der Waals surface area contributed by atoms with Crippen LogP contribution in [0, 0.1) is 11.3 Å². The maximum Gasteiger partial charge on any atom is 0.227 e. The van der Waals surface area contributed by atoms with Crippen LogP contribution >= 0.6 is 0 Å². The summed E-state index contributed by atoms with van der Waals surface area (Å²) in [5.41, 5.74) is 2.71. The molecular formula is C21H25N7O2. The van der Waals surface area contributed by atoms with Crippen LogP contribution in [0.15, 0.2) is 18.3 Å². The Labute approximate surface area is 175 Å². The van der Waals surface area contributed by atoms with Gasteiger partial charge < -0.3 is 24.2 Å². The molecule has 3 aliphatic rings. The molecule has 2 fully saturated rings. The second-order valence-corrected chi connectivity index (χ2v) is 7.67. The Morgan fingerprint density at radius 2 is 1.70 bits per heavy atom. The molecule has 2 aromatic heterocycles. The van der Waals surface area contributed by atoms with Crippen molar-refractivity contribution in [1.82, 2.24) is 15.0 Å². The van der Waals surface area contributed by atoms with E-state index < -0.39 is 0 Å². The van der Waals surface area contributed by atoms with Crippen molar-refractivity contribution in [2.75, 3.05) is 73.8 Å². The molecule has 0 radical (unpaired) electrons. The first kappa shape index (κ1) is 19.0. The fourth-order valence-corrected chi connectivity index (χ4v) is 4.18. The van der Waals surface area contributed by atoms with Crippen LogP contribution in [-0.2, 0) is 22.5 Å². The van der Waals surface area contributed by atoms with Crippen molar-refractivity contribution in [2.45, 2.75) is 13.0 Å². The number of nitrogens with zero attached hydrogens (tertiary/aromatic N) is 7. The lowest BCUT2D eigenvalue weighted by molar-refractivity contribution is 0.109. The minimum atomic E-state index is 0.544. The second-order valence-electron chi connectivity index (χ2n) is 7.67. The molecular weight excluding hydrogens is 382 g/mol. The highest BCUT2D eigenvalue weighted by Crippen LogP contribution is 2.26. The van der Waals surface area contributed by atoms with Crippen molar-refractivity contribution < 1.29 is 9.47 Å². The third-order valence-corrected chi connectivity index (χ3v) is 5.86. The molecule has 0 bridgehead atoms. The maximum atomic E-state index is 9.63. The summed E-state index contributed by atoms with van der Waals surface area (Å²) in [4.78, 5) is 20.8. The van der Waals surface area contributed by atoms with E-state index in [0.29, 0.717) is 18.8 Å². The lowest BCUT2D eigenvalue weighted by Gasteiger charge is -2.36. The molecule has 0 atom stereocenters. The fourth-order valence-electron chi connectivity index (χ4n) is 4.18. The van der Waals surface area contributed by atoms with Gasteiger partial charge in [0.25, 0.3) is 0 Å². The number of rotatable bonds is 3. The minimum Gasteiger partial charge on any atom is -0.378 e. The molecule has 0 spiro atoms. The van der Waals surface area contributed by atoms with Gasteiger partial charge in [0, 0.05) is 57.4 Å². The van der Waals surface area contributed by atoms with Crippen molar-refractivity contribution in [3.05, 3.63) is 35.2 Å². The zero-order chi connectivity index (χ0) is 20.3. The van der Waals surface area contributed by atoms with E-state index in [1.165, 1.54) is 0 Å². The van der Waals surface area contributed by atoms with Gasteiger partial charge in [-0.15, -0.1) is 0 Å². The predicted molar refractivity (Wildman–Crippen MR) is 112 cm³/mol. The third-order valence-electron chi connectivity index (χ3n) is 5.86.